The summed E-state index contributed by atoms with van der Waals surface area (Å²) in [5, 5.41) is 49.5. The molecule has 0 aromatic heterocycles. The highest BCUT2D eigenvalue weighted by Gasteiger charge is 2.21. The minimum Gasteiger partial charge on any atom is -0.394 e. The Morgan fingerprint density at radius 1 is 0.750 bits per heavy atom. The lowest BCUT2D eigenvalue weighted by atomic mass is 10.2. The molecule has 0 heterocycles. The predicted octanol–water partition coefficient (Wildman–Crippen LogP) is -4.65. The van der Waals surface area contributed by atoms with Crippen molar-refractivity contribution in [1.82, 2.24) is 21.3 Å². The molecule has 0 amide bonds. The molecule has 0 aromatic carbocycles. The molecule has 146 valence electrons. The molecule has 0 spiro atoms. The van der Waals surface area contributed by atoms with Crippen LogP contribution < -0.4 is 27.0 Å². The smallest absolute Gasteiger partial charge is 0.167 e. The van der Waals surface area contributed by atoms with Gasteiger partial charge in [-0.2, -0.15) is 0 Å². The first-order valence-corrected chi connectivity index (χ1v) is 8.42. The highest BCUT2D eigenvalue weighted by Crippen LogP contribution is 2.01. The van der Waals surface area contributed by atoms with Crippen LogP contribution in [-0.4, -0.2) is 111 Å². The van der Waals surface area contributed by atoms with Crippen molar-refractivity contribution in [1.29, 1.82) is 0 Å². The molecule has 0 aliphatic carbocycles. The van der Waals surface area contributed by atoms with E-state index in [1.807, 2.05) is 0 Å². The van der Waals surface area contributed by atoms with Crippen LogP contribution in [0.25, 0.3) is 0 Å². The first-order chi connectivity index (χ1) is 11.7. The maximum absolute atomic E-state index is 9.62. The van der Waals surface area contributed by atoms with Gasteiger partial charge in [0.25, 0.3) is 0 Å². The maximum atomic E-state index is 9.62. The Balaban J connectivity index is 3.37. The van der Waals surface area contributed by atoms with E-state index in [-0.39, 0.29) is 6.54 Å². The summed E-state index contributed by atoms with van der Waals surface area (Å²) in [5.41, 5.74) is 5.36. The van der Waals surface area contributed by atoms with Gasteiger partial charge in [0.15, 0.2) is 6.29 Å². The molecule has 10 heteroatoms. The fraction of sp³-hybridized carbons (Fsp3) is 1.00. The van der Waals surface area contributed by atoms with E-state index >= 15 is 0 Å². The number of aliphatic hydroxyl groups excluding tert-OH is 4. The standard InChI is InChI=1S/C14H35N5O5/c15-1-2-16-3-4-17-5-6-18-7-8-19-9-14(23)24-13(11-21)12(22)10-20/h12-14,16-23H,1-11,15H2. The number of hydrogen-bond donors (Lipinski definition) is 9. The van der Waals surface area contributed by atoms with Crippen LogP contribution in [0.1, 0.15) is 0 Å². The molecular weight excluding hydrogens is 318 g/mol. The molecule has 0 aliphatic rings. The molecule has 3 unspecified atom stereocenters. The van der Waals surface area contributed by atoms with E-state index < -0.39 is 31.7 Å². The minimum absolute atomic E-state index is 0.168. The van der Waals surface area contributed by atoms with Crippen molar-refractivity contribution in [2.75, 3.05) is 72.1 Å². The van der Waals surface area contributed by atoms with Crippen molar-refractivity contribution in [3.63, 3.8) is 0 Å². The maximum Gasteiger partial charge on any atom is 0.167 e. The molecule has 10 nitrogen and oxygen atoms in total. The van der Waals surface area contributed by atoms with E-state index in [0.717, 1.165) is 39.3 Å². The zero-order chi connectivity index (χ0) is 18.0. The largest absolute Gasteiger partial charge is 0.394 e. The van der Waals surface area contributed by atoms with Gasteiger partial charge in [-0.1, -0.05) is 0 Å². The number of nitrogens with one attached hydrogen (secondary N) is 4. The van der Waals surface area contributed by atoms with Gasteiger partial charge in [-0.3, -0.25) is 0 Å². The van der Waals surface area contributed by atoms with Crippen LogP contribution in [0.4, 0.5) is 0 Å². The second-order valence-electron chi connectivity index (χ2n) is 5.30. The number of aliphatic hydroxyl groups is 4. The van der Waals surface area contributed by atoms with Gasteiger partial charge in [0.05, 0.1) is 13.2 Å². The first-order valence-electron chi connectivity index (χ1n) is 8.42. The second kappa shape index (κ2) is 17.4. The summed E-state index contributed by atoms with van der Waals surface area (Å²) >= 11 is 0. The normalized spacial score (nSPS) is 15.4. The van der Waals surface area contributed by atoms with Crippen molar-refractivity contribution in [2.45, 2.75) is 18.5 Å². The van der Waals surface area contributed by atoms with Gasteiger partial charge in [0.1, 0.15) is 12.2 Å². The van der Waals surface area contributed by atoms with Gasteiger partial charge < -0.3 is 52.2 Å². The summed E-state index contributed by atoms with van der Waals surface area (Å²) < 4.78 is 5.04. The third kappa shape index (κ3) is 14.0. The zero-order valence-corrected chi connectivity index (χ0v) is 14.3. The molecule has 0 saturated carbocycles. The molecule has 0 fully saturated rings. The summed E-state index contributed by atoms with van der Waals surface area (Å²) in [6.07, 6.45) is -3.38. The summed E-state index contributed by atoms with van der Waals surface area (Å²) in [4.78, 5) is 0. The van der Waals surface area contributed by atoms with Crippen molar-refractivity contribution < 1.29 is 25.2 Å². The molecule has 24 heavy (non-hydrogen) atoms. The average molecular weight is 353 g/mol. The second-order valence-corrected chi connectivity index (χ2v) is 5.30. The first kappa shape index (κ1) is 23.6. The van der Waals surface area contributed by atoms with Crippen LogP contribution in [0, 0.1) is 0 Å². The van der Waals surface area contributed by atoms with E-state index in [0.29, 0.717) is 13.1 Å². The van der Waals surface area contributed by atoms with Crippen molar-refractivity contribution in [3.05, 3.63) is 0 Å². The molecule has 0 rings (SSSR count). The van der Waals surface area contributed by atoms with E-state index in [1.54, 1.807) is 0 Å². The van der Waals surface area contributed by atoms with Crippen LogP contribution in [0.3, 0.4) is 0 Å². The van der Waals surface area contributed by atoms with Crippen molar-refractivity contribution in [3.8, 4) is 0 Å². The quantitative estimate of drug-likeness (QED) is 0.0864. The number of nitrogens with two attached hydrogens (primary N) is 1. The Kier molecular flexibility index (Phi) is 17.1. The summed E-state index contributed by atoms with van der Waals surface area (Å²) in [5.74, 6) is 0. The van der Waals surface area contributed by atoms with Crippen molar-refractivity contribution >= 4 is 0 Å². The number of rotatable bonds is 18. The molecule has 0 aliphatic heterocycles. The Morgan fingerprint density at radius 2 is 1.25 bits per heavy atom. The molecule has 10 N–H and O–H groups in total. The molecule has 3 atom stereocenters. The molecule has 0 bridgehead atoms. The summed E-state index contributed by atoms with van der Waals surface area (Å²) in [6, 6.07) is 0. The monoisotopic (exact) mass is 353 g/mol. The third-order valence-electron chi connectivity index (χ3n) is 3.20. The highest BCUT2D eigenvalue weighted by atomic mass is 16.6. The Morgan fingerprint density at radius 3 is 1.71 bits per heavy atom. The van der Waals surface area contributed by atoms with E-state index in [9.17, 15) is 10.2 Å². The Bertz CT molecular complexity index is 266. The molecule has 0 saturated heterocycles. The topological polar surface area (TPSA) is 164 Å². The van der Waals surface area contributed by atoms with Gasteiger partial charge in [-0.15, -0.1) is 0 Å². The Hall–Kier alpha value is -0.400. The number of ether oxygens (including phenoxy) is 1. The minimum atomic E-state index is -1.22. The van der Waals surface area contributed by atoms with Crippen LogP contribution in [0.2, 0.25) is 0 Å². The van der Waals surface area contributed by atoms with Gasteiger partial charge >= 0.3 is 0 Å². The van der Waals surface area contributed by atoms with E-state index in [1.165, 1.54) is 0 Å². The zero-order valence-electron chi connectivity index (χ0n) is 14.3. The van der Waals surface area contributed by atoms with Gasteiger partial charge in [0.2, 0.25) is 0 Å². The highest BCUT2D eigenvalue weighted by molar-refractivity contribution is 4.68. The molecular formula is C14H35N5O5. The SMILES string of the molecule is NCCNCCNCCNCCNCC(O)OC(CO)C(O)CO. The lowest BCUT2D eigenvalue weighted by Gasteiger charge is -2.23. The van der Waals surface area contributed by atoms with Gasteiger partial charge in [-0.05, 0) is 0 Å². The average Bonchev–Trinajstić information content (AvgIpc) is 2.59. The fourth-order valence-corrected chi connectivity index (χ4v) is 1.86. The third-order valence-corrected chi connectivity index (χ3v) is 3.20. The fourth-order valence-electron chi connectivity index (χ4n) is 1.86. The van der Waals surface area contributed by atoms with E-state index in [4.69, 9.17) is 20.7 Å². The van der Waals surface area contributed by atoms with Crippen LogP contribution in [0.5, 0.6) is 0 Å². The van der Waals surface area contributed by atoms with Crippen molar-refractivity contribution in [2.24, 2.45) is 5.73 Å². The predicted molar refractivity (Wildman–Crippen MR) is 91.6 cm³/mol. The van der Waals surface area contributed by atoms with Crippen LogP contribution in [0.15, 0.2) is 0 Å². The molecule has 0 radical (unpaired) electrons. The summed E-state index contributed by atoms with van der Waals surface area (Å²) in [7, 11) is 0. The van der Waals surface area contributed by atoms with Crippen LogP contribution in [-0.2, 0) is 4.74 Å². The van der Waals surface area contributed by atoms with Gasteiger partial charge in [-0.25, -0.2) is 0 Å². The number of hydrogen-bond acceptors (Lipinski definition) is 10. The van der Waals surface area contributed by atoms with Crippen LogP contribution >= 0.6 is 0 Å². The van der Waals surface area contributed by atoms with E-state index in [2.05, 4.69) is 21.3 Å². The summed E-state index contributed by atoms with van der Waals surface area (Å²) in [6.45, 7) is 5.53. The van der Waals surface area contributed by atoms with Gasteiger partial charge in [0, 0.05) is 58.9 Å². The molecule has 0 aromatic rings. The lowest BCUT2D eigenvalue weighted by Crippen LogP contribution is -2.42. The Labute approximate surface area is 143 Å². The lowest BCUT2D eigenvalue weighted by molar-refractivity contribution is -0.178.